The van der Waals surface area contributed by atoms with Gasteiger partial charge in [-0.05, 0) is 62.2 Å². The highest BCUT2D eigenvalue weighted by molar-refractivity contribution is 6.05. The Kier molecular flexibility index (Phi) is 6.02. The molecule has 1 atom stereocenters. The maximum absolute atomic E-state index is 13.1. The van der Waals surface area contributed by atoms with E-state index in [0.717, 1.165) is 12.8 Å². The highest BCUT2D eigenvalue weighted by Crippen LogP contribution is 2.29. The third-order valence-electron chi connectivity index (χ3n) is 6.81. The lowest BCUT2D eigenvalue weighted by atomic mass is 10.2. The maximum atomic E-state index is 13.1. The van der Waals surface area contributed by atoms with E-state index in [0.29, 0.717) is 34.5 Å². The Bertz CT molecular complexity index is 1590. The Morgan fingerprint density at radius 1 is 1.05 bits per heavy atom. The lowest BCUT2D eigenvalue weighted by Gasteiger charge is -2.22. The second-order valence-corrected chi connectivity index (χ2v) is 9.59. The second-order valence-electron chi connectivity index (χ2n) is 9.59. The number of fused-ring (bicyclic) bond motifs is 1. The van der Waals surface area contributed by atoms with Crippen LogP contribution in [0.1, 0.15) is 28.9 Å². The SMILES string of the molecule is Cc1c(C(=O)Nc2ccc(OC3=NN4C=C(NC(=O)C5CC5)NC4C=C3)cc2)c(=O)n(-c2ccccc2)n1C. The number of aromatic nitrogens is 2. The number of carbonyl (C=O) groups is 2. The largest absolute Gasteiger partial charge is 0.438 e. The fourth-order valence-corrected chi connectivity index (χ4v) is 4.48. The highest BCUT2D eigenvalue weighted by Gasteiger charge is 2.32. The molecule has 1 aliphatic carbocycles. The molecule has 6 rings (SSSR count). The Morgan fingerprint density at radius 2 is 1.79 bits per heavy atom. The third-order valence-corrected chi connectivity index (χ3v) is 6.81. The summed E-state index contributed by atoms with van der Waals surface area (Å²) in [6.07, 6.45) is 7.04. The molecule has 2 aromatic carbocycles. The Hall–Kier alpha value is -5.06. The van der Waals surface area contributed by atoms with Crippen LogP contribution in [0.3, 0.4) is 0 Å². The zero-order valence-corrected chi connectivity index (χ0v) is 21.4. The molecule has 2 amide bonds. The van der Waals surface area contributed by atoms with Gasteiger partial charge in [0.1, 0.15) is 23.3 Å². The molecule has 1 aromatic heterocycles. The van der Waals surface area contributed by atoms with E-state index in [-0.39, 0.29) is 29.1 Å². The molecule has 198 valence electrons. The predicted octanol–water partition coefficient (Wildman–Crippen LogP) is 2.56. The van der Waals surface area contributed by atoms with Crippen LogP contribution >= 0.6 is 0 Å². The summed E-state index contributed by atoms with van der Waals surface area (Å²) < 4.78 is 9.03. The molecular weight excluding hydrogens is 498 g/mol. The van der Waals surface area contributed by atoms with Gasteiger partial charge in [-0.2, -0.15) is 0 Å². The van der Waals surface area contributed by atoms with Crippen molar-refractivity contribution >= 4 is 23.4 Å². The van der Waals surface area contributed by atoms with E-state index < -0.39 is 5.91 Å². The first-order valence-corrected chi connectivity index (χ1v) is 12.6. The van der Waals surface area contributed by atoms with Crippen molar-refractivity contribution < 1.29 is 14.3 Å². The molecule has 2 aliphatic heterocycles. The van der Waals surface area contributed by atoms with Gasteiger partial charge in [0.15, 0.2) is 0 Å². The molecule has 0 radical (unpaired) electrons. The number of carbonyl (C=O) groups excluding carboxylic acids is 2. The van der Waals surface area contributed by atoms with E-state index in [1.165, 1.54) is 4.68 Å². The van der Waals surface area contributed by atoms with Crippen LogP contribution < -0.4 is 26.2 Å². The summed E-state index contributed by atoms with van der Waals surface area (Å²) in [5.41, 5.74) is 1.45. The minimum absolute atomic E-state index is 0.0227. The number of hydrogen-bond acceptors (Lipinski definition) is 7. The van der Waals surface area contributed by atoms with Crippen molar-refractivity contribution in [3.05, 3.63) is 100 Å². The molecular formula is C28H27N7O4. The third kappa shape index (κ3) is 4.81. The summed E-state index contributed by atoms with van der Waals surface area (Å²) in [7, 11) is 1.75. The van der Waals surface area contributed by atoms with E-state index in [4.69, 9.17) is 4.74 Å². The van der Waals surface area contributed by atoms with Gasteiger partial charge < -0.3 is 20.7 Å². The minimum atomic E-state index is -0.486. The van der Waals surface area contributed by atoms with Crippen molar-refractivity contribution in [3.63, 3.8) is 0 Å². The predicted molar refractivity (Wildman–Crippen MR) is 145 cm³/mol. The number of hydrogen-bond donors (Lipinski definition) is 3. The number of benzene rings is 2. The van der Waals surface area contributed by atoms with Crippen molar-refractivity contribution in [1.29, 1.82) is 0 Å². The molecule has 39 heavy (non-hydrogen) atoms. The van der Waals surface area contributed by atoms with E-state index in [1.807, 2.05) is 36.4 Å². The molecule has 1 unspecified atom stereocenters. The summed E-state index contributed by atoms with van der Waals surface area (Å²) in [6.45, 7) is 1.74. The fourth-order valence-electron chi connectivity index (χ4n) is 4.48. The van der Waals surface area contributed by atoms with E-state index in [2.05, 4.69) is 21.1 Å². The molecule has 3 aromatic rings. The highest BCUT2D eigenvalue weighted by atomic mass is 16.5. The quantitative estimate of drug-likeness (QED) is 0.455. The summed E-state index contributed by atoms with van der Waals surface area (Å²) in [4.78, 5) is 38.2. The average molecular weight is 526 g/mol. The van der Waals surface area contributed by atoms with Crippen LogP contribution in [0.2, 0.25) is 0 Å². The number of para-hydroxylation sites is 1. The molecule has 11 heteroatoms. The van der Waals surface area contributed by atoms with Crippen LogP contribution in [0.15, 0.2) is 88.7 Å². The van der Waals surface area contributed by atoms with Crippen molar-refractivity contribution in [1.82, 2.24) is 25.0 Å². The van der Waals surface area contributed by atoms with Crippen molar-refractivity contribution in [2.75, 3.05) is 5.32 Å². The molecule has 0 bridgehead atoms. The summed E-state index contributed by atoms with van der Waals surface area (Å²) in [5.74, 6) is 1.15. The monoisotopic (exact) mass is 525 g/mol. The van der Waals surface area contributed by atoms with Crippen molar-refractivity contribution in [2.45, 2.75) is 25.9 Å². The molecule has 0 spiro atoms. The number of ether oxygens (including phenoxy) is 1. The molecule has 0 saturated heterocycles. The summed E-state index contributed by atoms with van der Waals surface area (Å²) >= 11 is 0. The standard InChI is InChI=1S/C28H27N7O4/c1-17-25(28(38)35(33(17)2)20-6-4-3-5-7-20)27(37)29-19-10-12-21(13-11-19)39-24-15-14-23-30-22(16-34(23)32-24)31-26(36)18-8-9-18/h3-7,10-16,18,23,30H,8-9H2,1-2H3,(H,29,37)(H,31,36). The van der Waals surface area contributed by atoms with Crippen LogP contribution in [-0.2, 0) is 11.8 Å². The van der Waals surface area contributed by atoms with Gasteiger partial charge in [0.05, 0.1) is 17.6 Å². The molecule has 1 saturated carbocycles. The van der Waals surface area contributed by atoms with E-state index in [9.17, 15) is 14.4 Å². The number of rotatable bonds is 6. The van der Waals surface area contributed by atoms with E-state index >= 15 is 0 Å². The van der Waals surface area contributed by atoms with Gasteiger partial charge >= 0.3 is 0 Å². The molecule has 1 fully saturated rings. The normalized spacial score (nSPS) is 17.6. The number of hydrazone groups is 1. The smallest absolute Gasteiger partial charge is 0.284 e. The van der Waals surface area contributed by atoms with Crippen LogP contribution in [0, 0.1) is 12.8 Å². The van der Waals surface area contributed by atoms with Gasteiger partial charge in [-0.15, -0.1) is 5.10 Å². The van der Waals surface area contributed by atoms with Gasteiger partial charge in [0, 0.05) is 24.7 Å². The first kappa shape index (κ1) is 24.3. The van der Waals surface area contributed by atoms with Crippen LogP contribution in [0.25, 0.3) is 5.69 Å². The number of anilines is 1. The number of nitrogens with one attached hydrogen (secondary N) is 3. The first-order valence-electron chi connectivity index (χ1n) is 12.6. The van der Waals surface area contributed by atoms with Gasteiger partial charge in [-0.3, -0.25) is 19.1 Å². The molecule has 11 nitrogen and oxygen atoms in total. The number of amides is 2. The summed E-state index contributed by atoms with van der Waals surface area (Å²) in [5, 5.41) is 15.0. The Labute approximate surface area is 224 Å². The second kappa shape index (κ2) is 9.67. The topological polar surface area (TPSA) is 122 Å². The van der Waals surface area contributed by atoms with Crippen LogP contribution in [-0.4, -0.2) is 38.3 Å². The fraction of sp³-hybridized carbons (Fsp3) is 0.214. The summed E-state index contributed by atoms with van der Waals surface area (Å²) in [6, 6.07) is 16.0. The molecule has 3 aliphatic rings. The van der Waals surface area contributed by atoms with Gasteiger partial charge in [0.2, 0.25) is 11.8 Å². The Morgan fingerprint density at radius 3 is 2.51 bits per heavy atom. The number of nitrogens with zero attached hydrogens (tertiary/aromatic N) is 4. The van der Waals surface area contributed by atoms with E-state index in [1.54, 1.807) is 60.2 Å². The van der Waals surface area contributed by atoms with Crippen molar-refractivity contribution in [3.8, 4) is 11.4 Å². The molecule has 3 heterocycles. The van der Waals surface area contributed by atoms with Crippen LogP contribution in [0.5, 0.6) is 5.75 Å². The van der Waals surface area contributed by atoms with Gasteiger partial charge in [0.25, 0.3) is 11.5 Å². The van der Waals surface area contributed by atoms with Crippen LogP contribution in [0.4, 0.5) is 5.69 Å². The zero-order valence-electron chi connectivity index (χ0n) is 21.4. The lowest BCUT2D eigenvalue weighted by Crippen LogP contribution is -2.38. The van der Waals surface area contributed by atoms with Gasteiger partial charge in [-0.1, -0.05) is 18.2 Å². The maximum Gasteiger partial charge on any atom is 0.284 e. The lowest BCUT2D eigenvalue weighted by molar-refractivity contribution is -0.121. The molecule has 3 N–H and O–H groups in total. The Balaban J connectivity index is 1.11. The zero-order chi connectivity index (χ0) is 27.1. The minimum Gasteiger partial charge on any atom is -0.438 e. The van der Waals surface area contributed by atoms with Gasteiger partial charge in [-0.25, -0.2) is 9.69 Å². The average Bonchev–Trinajstić information content (AvgIpc) is 3.66. The first-order chi connectivity index (χ1) is 18.9. The van der Waals surface area contributed by atoms with Crippen molar-refractivity contribution in [2.24, 2.45) is 18.1 Å².